The first-order valence-corrected chi connectivity index (χ1v) is 8.32. The molecular formula is C18H18ClN5O. The Balaban J connectivity index is 1.90. The lowest BCUT2D eigenvalue weighted by atomic mass is 10.2. The van der Waals surface area contributed by atoms with Crippen molar-refractivity contribution in [2.75, 3.05) is 5.32 Å². The second kappa shape index (κ2) is 7.44. The molecule has 0 bridgehead atoms. The van der Waals surface area contributed by atoms with Crippen molar-refractivity contribution in [1.82, 2.24) is 19.7 Å². The quantitative estimate of drug-likeness (QED) is 0.751. The Labute approximate surface area is 150 Å². The first-order valence-electron chi connectivity index (χ1n) is 7.94. The fraction of sp³-hybridized carbons (Fsp3) is 0.222. The molecule has 0 spiro atoms. The van der Waals surface area contributed by atoms with Crippen LogP contribution >= 0.6 is 11.6 Å². The molecule has 0 fully saturated rings. The molecule has 0 saturated heterocycles. The normalized spacial score (nSPS) is 10.9. The summed E-state index contributed by atoms with van der Waals surface area (Å²) in [7, 11) is 0. The smallest absolute Gasteiger partial charge is 0.252 e. The average molecular weight is 356 g/mol. The summed E-state index contributed by atoms with van der Waals surface area (Å²) in [5, 5.41) is 8.19. The van der Waals surface area contributed by atoms with Crippen molar-refractivity contribution >= 4 is 23.5 Å². The number of hydrogen-bond acceptors (Lipinski definition) is 5. The molecule has 0 aliphatic heterocycles. The number of hydrogen-bond donors (Lipinski definition) is 1. The van der Waals surface area contributed by atoms with Crippen LogP contribution in [0, 0.1) is 5.92 Å². The van der Waals surface area contributed by atoms with Gasteiger partial charge in [-0.3, -0.25) is 9.78 Å². The summed E-state index contributed by atoms with van der Waals surface area (Å²) in [6.07, 6.45) is 3.35. The Bertz CT molecular complexity index is 876. The highest BCUT2D eigenvalue weighted by atomic mass is 35.5. The van der Waals surface area contributed by atoms with Crippen LogP contribution in [0.15, 0.2) is 48.8 Å². The summed E-state index contributed by atoms with van der Waals surface area (Å²) >= 11 is 6.01. The number of anilines is 1. The number of carbonyl (C=O) groups is 1. The number of aromatic nitrogens is 4. The van der Waals surface area contributed by atoms with E-state index in [1.807, 2.05) is 44.2 Å². The van der Waals surface area contributed by atoms with Crippen LogP contribution in [0.1, 0.15) is 24.2 Å². The Hall–Kier alpha value is -2.73. The zero-order chi connectivity index (χ0) is 17.8. The van der Waals surface area contributed by atoms with Gasteiger partial charge in [0.1, 0.15) is 0 Å². The van der Waals surface area contributed by atoms with E-state index in [0.29, 0.717) is 23.3 Å². The van der Waals surface area contributed by atoms with Gasteiger partial charge in [0.2, 0.25) is 5.95 Å². The molecule has 3 rings (SSSR count). The second-order valence-corrected chi connectivity index (χ2v) is 6.33. The second-order valence-electron chi connectivity index (χ2n) is 5.89. The van der Waals surface area contributed by atoms with E-state index in [1.54, 1.807) is 18.5 Å². The summed E-state index contributed by atoms with van der Waals surface area (Å²) in [6, 6.07) is 11.2. The fourth-order valence-corrected chi connectivity index (χ4v) is 2.48. The Morgan fingerprint density at radius 2 is 2.12 bits per heavy atom. The van der Waals surface area contributed by atoms with Crippen LogP contribution in [0.4, 0.5) is 5.95 Å². The molecule has 7 heteroatoms. The van der Waals surface area contributed by atoms with E-state index in [9.17, 15) is 4.79 Å². The largest absolute Gasteiger partial charge is 0.350 e. The van der Waals surface area contributed by atoms with Gasteiger partial charge in [-0.15, -0.1) is 5.10 Å². The monoisotopic (exact) mass is 355 g/mol. The van der Waals surface area contributed by atoms with Crippen molar-refractivity contribution in [3.63, 3.8) is 0 Å². The molecule has 0 saturated carbocycles. The molecule has 2 heterocycles. The van der Waals surface area contributed by atoms with E-state index in [0.717, 1.165) is 11.1 Å². The fourth-order valence-electron chi connectivity index (χ4n) is 2.27. The van der Waals surface area contributed by atoms with Crippen LogP contribution in [0.2, 0.25) is 5.02 Å². The molecule has 3 aromatic rings. The van der Waals surface area contributed by atoms with Crippen molar-refractivity contribution in [1.29, 1.82) is 0 Å². The molecule has 0 amide bonds. The first kappa shape index (κ1) is 17.1. The highest BCUT2D eigenvalue weighted by Gasteiger charge is 2.19. The van der Waals surface area contributed by atoms with Crippen LogP contribution in [0.25, 0.3) is 11.4 Å². The van der Waals surface area contributed by atoms with Gasteiger partial charge in [0.05, 0.1) is 0 Å². The summed E-state index contributed by atoms with van der Waals surface area (Å²) in [4.78, 5) is 21.0. The van der Waals surface area contributed by atoms with Crippen molar-refractivity contribution in [2.45, 2.75) is 20.4 Å². The number of nitrogens with one attached hydrogen (secondary N) is 1. The van der Waals surface area contributed by atoms with Crippen LogP contribution in [-0.4, -0.2) is 25.7 Å². The van der Waals surface area contributed by atoms with Gasteiger partial charge in [0.15, 0.2) is 5.82 Å². The van der Waals surface area contributed by atoms with Crippen LogP contribution < -0.4 is 5.32 Å². The Morgan fingerprint density at radius 3 is 2.80 bits per heavy atom. The maximum Gasteiger partial charge on any atom is 0.252 e. The van der Waals surface area contributed by atoms with Gasteiger partial charge in [-0.1, -0.05) is 37.6 Å². The van der Waals surface area contributed by atoms with Crippen LogP contribution in [-0.2, 0) is 6.54 Å². The lowest BCUT2D eigenvalue weighted by molar-refractivity contribution is 0.0841. The maximum absolute atomic E-state index is 12.5. The number of pyridine rings is 1. The van der Waals surface area contributed by atoms with Gasteiger partial charge in [-0.05, 0) is 29.8 Å². The van der Waals surface area contributed by atoms with E-state index in [4.69, 9.17) is 11.6 Å². The van der Waals surface area contributed by atoms with E-state index >= 15 is 0 Å². The molecule has 6 nitrogen and oxygen atoms in total. The van der Waals surface area contributed by atoms with Gasteiger partial charge in [-0.25, -0.2) is 0 Å². The number of halogens is 1. The third-order valence-electron chi connectivity index (χ3n) is 3.57. The third kappa shape index (κ3) is 4.03. The van der Waals surface area contributed by atoms with Gasteiger partial charge in [0, 0.05) is 35.4 Å². The predicted octanol–water partition coefficient (Wildman–Crippen LogP) is 3.90. The summed E-state index contributed by atoms with van der Waals surface area (Å²) in [6.45, 7) is 4.14. The average Bonchev–Trinajstić information content (AvgIpc) is 3.04. The molecule has 1 aromatic carbocycles. The van der Waals surface area contributed by atoms with E-state index < -0.39 is 0 Å². The molecule has 0 radical (unpaired) electrons. The third-order valence-corrected chi connectivity index (χ3v) is 3.80. The number of nitrogens with zero attached hydrogens (tertiary/aromatic N) is 4. The minimum atomic E-state index is -0.199. The zero-order valence-electron chi connectivity index (χ0n) is 14.0. The maximum atomic E-state index is 12.5. The Morgan fingerprint density at radius 1 is 1.28 bits per heavy atom. The minimum absolute atomic E-state index is 0.128. The molecule has 25 heavy (non-hydrogen) atoms. The molecule has 2 aromatic heterocycles. The Kier molecular flexibility index (Phi) is 5.09. The summed E-state index contributed by atoms with van der Waals surface area (Å²) in [5.74, 6) is 0.527. The molecule has 0 aliphatic rings. The number of benzene rings is 1. The molecule has 128 valence electrons. The van der Waals surface area contributed by atoms with Crippen LogP contribution in [0.3, 0.4) is 0 Å². The molecule has 0 atom stereocenters. The molecule has 1 N–H and O–H groups in total. The highest BCUT2D eigenvalue weighted by molar-refractivity contribution is 6.30. The molecule has 0 aliphatic carbocycles. The van der Waals surface area contributed by atoms with Crippen molar-refractivity contribution in [3.8, 4) is 11.4 Å². The van der Waals surface area contributed by atoms with E-state index in [2.05, 4.69) is 20.4 Å². The lowest BCUT2D eigenvalue weighted by Crippen LogP contribution is -2.21. The van der Waals surface area contributed by atoms with E-state index in [-0.39, 0.29) is 11.8 Å². The first-order chi connectivity index (χ1) is 12.0. The van der Waals surface area contributed by atoms with Gasteiger partial charge >= 0.3 is 0 Å². The van der Waals surface area contributed by atoms with Crippen molar-refractivity contribution in [3.05, 3.63) is 59.4 Å². The summed E-state index contributed by atoms with van der Waals surface area (Å²) in [5.41, 5.74) is 1.74. The SMILES string of the molecule is CC(C)C(=O)n1nc(-c2cccnc2)nc1NCc1cccc(Cl)c1. The van der Waals surface area contributed by atoms with Gasteiger partial charge in [0.25, 0.3) is 5.91 Å². The lowest BCUT2D eigenvalue weighted by Gasteiger charge is -2.09. The van der Waals surface area contributed by atoms with Crippen molar-refractivity contribution < 1.29 is 4.79 Å². The minimum Gasteiger partial charge on any atom is -0.350 e. The number of carbonyl (C=O) groups excluding carboxylic acids is 1. The van der Waals surface area contributed by atoms with Crippen molar-refractivity contribution in [2.24, 2.45) is 5.92 Å². The van der Waals surface area contributed by atoms with Gasteiger partial charge < -0.3 is 5.32 Å². The zero-order valence-corrected chi connectivity index (χ0v) is 14.7. The van der Waals surface area contributed by atoms with Gasteiger partial charge in [-0.2, -0.15) is 9.67 Å². The van der Waals surface area contributed by atoms with E-state index in [1.165, 1.54) is 4.68 Å². The highest BCUT2D eigenvalue weighted by Crippen LogP contribution is 2.19. The number of rotatable bonds is 5. The van der Waals surface area contributed by atoms with Crippen LogP contribution in [0.5, 0.6) is 0 Å². The molecule has 0 unspecified atom stereocenters. The standard InChI is InChI=1S/C18H18ClN5O/c1-12(2)17(25)24-18(21-10-13-5-3-7-15(19)9-13)22-16(23-24)14-6-4-8-20-11-14/h3-9,11-12H,10H2,1-2H3,(H,21,22,23). The summed E-state index contributed by atoms with van der Waals surface area (Å²) < 4.78 is 1.32. The topological polar surface area (TPSA) is 72.7 Å². The predicted molar refractivity (Wildman–Crippen MR) is 97.5 cm³/mol. The molecular weight excluding hydrogens is 338 g/mol.